The molecule has 2 saturated heterocycles. The Morgan fingerprint density at radius 3 is 2.57 bits per heavy atom. The molecule has 0 aromatic carbocycles. The Morgan fingerprint density at radius 2 is 1.95 bits per heavy atom. The van der Waals surface area contributed by atoms with Gasteiger partial charge in [0.2, 0.25) is 5.95 Å². The number of fused-ring (bicyclic) bond motifs is 2. The van der Waals surface area contributed by atoms with Crippen molar-refractivity contribution in [2.75, 3.05) is 13.2 Å². The molecule has 0 radical (unpaired) electrons. The Hall–Kier alpha value is -1.83. The summed E-state index contributed by atoms with van der Waals surface area (Å²) in [6.07, 6.45) is 9.79. The van der Waals surface area contributed by atoms with Gasteiger partial charge in [-0.05, 0) is 12.8 Å². The van der Waals surface area contributed by atoms with Crippen LogP contribution in [-0.4, -0.2) is 49.9 Å². The van der Waals surface area contributed by atoms with Gasteiger partial charge in [0.15, 0.2) is 0 Å². The molecule has 2 aromatic heterocycles. The molecule has 110 valence electrons. The number of ether oxygens (including phenoxy) is 1. The summed E-state index contributed by atoms with van der Waals surface area (Å²) in [5.41, 5.74) is -0.109. The molecule has 0 amide bonds. The van der Waals surface area contributed by atoms with Crippen molar-refractivity contribution in [3.63, 3.8) is 0 Å². The van der Waals surface area contributed by atoms with Crippen molar-refractivity contribution in [1.82, 2.24) is 24.8 Å². The van der Waals surface area contributed by atoms with Crippen LogP contribution in [0.5, 0.6) is 0 Å². The van der Waals surface area contributed by atoms with Gasteiger partial charge in [-0.1, -0.05) is 0 Å². The van der Waals surface area contributed by atoms with Crippen LogP contribution in [0.15, 0.2) is 31.1 Å². The highest BCUT2D eigenvalue weighted by Gasteiger charge is 2.42. The van der Waals surface area contributed by atoms with Crippen LogP contribution in [0.1, 0.15) is 18.4 Å². The van der Waals surface area contributed by atoms with E-state index in [4.69, 9.17) is 4.74 Å². The van der Waals surface area contributed by atoms with Crippen molar-refractivity contribution in [3.05, 3.63) is 36.7 Å². The molecule has 0 saturated carbocycles. The smallest absolute Gasteiger partial charge is 0.234 e. The third-order valence-corrected chi connectivity index (χ3v) is 4.19. The van der Waals surface area contributed by atoms with Crippen molar-refractivity contribution in [3.8, 4) is 5.95 Å². The van der Waals surface area contributed by atoms with Gasteiger partial charge in [0, 0.05) is 42.4 Å². The molecular weight excluding hydrogens is 270 g/mol. The summed E-state index contributed by atoms with van der Waals surface area (Å²) in [5, 5.41) is 14.4. The summed E-state index contributed by atoms with van der Waals surface area (Å²) in [4.78, 5) is 12.6. The van der Waals surface area contributed by atoms with E-state index in [-0.39, 0.29) is 12.1 Å². The summed E-state index contributed by atoms with van der Waals surface area (Å²) in [6.45, 7) is 1.29. The van der Waals surface area contributed by atoms with Gasteiger partial charge in [0.25, 0.3) is 0 Å². The van der Waals surface area contributed by atoms with E-state index >= 15 is 0 Å². The van der Waals surface area contributed by atoms with Crippen molar-refractivity contribution in [2.45, 2.75) is 30.5 Å². The topological polar surface area (TPSA) is 85.1 Å². The molecule has 4 rings (SSSR count). The lowest BCUT2D eigenvalue weighted by molar-refractivity contribution is -0.0805. The maximum Gasteiger partial charge on any atom is 0.234 e. The SMILES string of the molecule is OC1(c2cnc(-n3ccnc3)nc2)CC2COCC(C1)N2. The minimum absolute atomic E-state index is 0.191. The standard InChI is InChI=1S/C14H17N5O2/c20-14(3-11-7-21-8-12(4-14)18-11)10-5-16-13(17-6-10)19-2-1-15-9-19/h1-2,5-6,9,11-12,18,20H,3-4,7-8H2. The van der Waals surface area contributed by atoms with Crippen LogP contribution in [0.3, 0.4) is 0 Å². The highest BCUT2D eigenvalue weighted by Crippen LogP contribution is 2.36. The first kappa shape index (κ1) is 12.9. The Labute approximate surface area is 122 Å². The van der Waals surface area contributed by atoms with Crippen molar-refractivity contribution >= 4 is 0 Å². The van der Waals surface area contributed by atoms with Crippen molar-refractivity contribution in [2.24, 2.45) is 0 Å². The summed E-state index contributed by atoms with van der Waals surface area (Å²) < 4.78 is 7.25. The normalized spacial score (nSPS) is 32.0. The van der Waals surface area contributed by atoms with E-state index in [0.717, 1.165) is 5.56 Å². The largest absolute Gasteiger partial charge is 0.385 e. The minimum atomic E-state index is -0.877. The Bertz CT molecular complexity index is 601. The van der Waals surface area contributed by atoms with Crippen molar-refractivity contribution < 1.29 is 9.84 Å². The van der Waals surface area contributed by atoms with Gasteiger partial charge >= 0.3 is 0 Å². The monoisotopic (exact) mass is 287 g/mol. The average Bonchev–Trinajstić information content (AvgIpc) is 3.01. The van der Waals surface area contributed by atoms with Gasteiger partial charge in [0.05, 0.1) is 18.8 Å². The van der Waals surface area contributed by atoms with E-state index in [1.807, 2.05) is 0 Å². The van der Waals surface area contributed by atoms with Gasteiger partial charge in [-0.25, -0.2) is 15.0 Å². The Morgan fingerprint density at radius 1 is 1.24 bits per heavy atom. The van der Waals surface area contributed by atoms with Crippen LogP contribution in [0, 0.1) is 0 Å². The van der Waals surface area contributed by atoms with E-state index in [1.54, 1.807) is 35.7 Å². The Balaban J connectivity index is 1.60. The fourth-order valence-corrected chi connectivity index (χ4v) is 3.22. The number of nitrogens with one attached hydrogen (secondary N) is 1. The van der Waals surface area contributed by atoms with Crippen LogP contribution < -0.4 is 5.32 Å². The molecule has 2 aromatic rings. The predicted octanol–water partition coefficient (Wildman–Crippen LogP) is 0.000700. The van der Waals surface area contributed by atoms with E-state index in [9.17, 15) is 5.11 Å². The molecule has 21 heavy (non-hydrogen) atoms. The lowest BCUT2D eigenvalue weighted by Crippen LogP contribution is -2.58. The highest BCUT2D eigenvalue weighted by atomic mass is 16.5. The fourth-order valence-electron chi connectivity index (χ4n) is 3.22. The molecule has 2 N–H and O–H groups in total. The highest BCUT2D eigenvalue weighted by molar-refractivity contribution is 5.22. The zero-order valence-electron chi connectivity index (χ0n) is 11.5. The third kappa shape index (κ3) is 2.33. The van der Waals surface area contributed by atoms with Crippen LogP contribution in [0.2, 0.25) is 0 Å². The molecule has 7 nitrogen and oxygen atoms in total. The molecule has 7 heteroatoms. The zero-order chi connectivity index (χ0) is 14.3. The van der Waals surface area contributed by atoms with Gasteiger partial charge in [-0.15, -0.1) is 0 Å². The molecule has 2 aliphatic heterocycles. The second-order valence-electron chi connectivity index (χ2n) is 5.78. The maximum atomic E-state index is 11.0. The Kier molecular flexibility index (Phi) is 2.99. The minimum Gasteiger partial charge on any atom is -0.385 e. The number of hydrogen-bond donors (Lipinski definition) is 2. The summed E-state index contributed by atoms with van der Waals surface area (Å²) in [5.74, 6) is 0.553. The number of morpholine rings is 1. The number of aromatic nitrogens is 4. The molecular formula is C14H17N5O2. The summed E-state index contributed by atoms with van der Waals surface area (Å²) in [6, 6.07) is 0.381. The number of nitrogens with zero attached hydrogens (tertiary/aromatic N) is 4. The first-order valence-electron chi connectivity index (χ1n) is 7.10. The second-order valence-corrected chi connectivity index (χ2v) is 5.78. The van der Waals surface area contributed by atoms with Gasteiger partial charge in [-0.2, -0.15) is 0 Å². The lowest BCUT2D eigenvalue weighted by atomic mass is 9.79. The van der Waals surface area contributed by atoms with E-state index in [1.165, 1.54) is 0 Å². The summed E-state index contributed by atoms with van der Waals surface area (Å²) >= 11 is 0. The fraction of sp³-hybridized carbons (Fsp3) is 0.500. The van der Waals surface area contributed by atoms with Crippen LogP contribution in [-0.2, 0) is 10.3 Å². The van der Waals surface area contributed by atoms with E-state index < -0.39 is 5.60 Å². The maximum absolute atomic E-state index is 11.0. The van der Waals surface area contributed by atoms with Crippen LogP contribution in [0.4, 0.5) is 0 Å². The number of imidazole rings is 1. The quantitative estimate of drug-likeness (QED) is 0.809. The lowest BCUT2D eigenvalue weighted by Gasteiger charge is -2.44. The number of aliphatic hydroxyl groups is 1. The average molecular weight is 287 g/mol. The summed E-state index contributed by atoms with van der Waals surface area (Å²) in [7, 11) is 0. The first-order valence-corrected chi connectivity index (χ1v) is 7.10. The molecule has 0 spiro atoms. The van der Waals surface area contributed by atoms with Crippen molar-refractivity contribution in [1.29, 1.82) is 0 Å². The van der Waals surface area contributed by atoms with Gasteiger partial charge < -0.3 is 15.2 Å². The first-order chi connectivity index (χ1) is 10.2. The third-order valence-electron chi connectivity index (χ3n) is 4.19. The van der Waals surface area contributed by atoms with Gasteiger partial charge in [-0.3, -0.25) is 4.57 Å². The van der Waals surface area contributed by atoms with Gasteiger partial charge in [0.1, 0.15) is 6.33 Å². The molecule has 2 atom stereocenters. The molecule has 2 unspecified atom stereocenters. The number of piperidine rings is 1. The predicted molar refractivity (Wildman–Crippen MR) is 73.8 cm³/mol. The molecule has 0 aliphatic carbocycles. The zero-order valence-corrected chi connectivity index (χ0v) is 11.5. The van der Waals surface area contributed by atoms with E-state index in [0.29, 0.717) is 32.0 Å². The molecule has 2 bridgehead atoms. The van der Waals surface area contributed by atoms with E-state index in [2.05, 4.69) is 20.3 Å². The molecule has 2 fully saturated rings. The number of hydrogen-bond acceptors (Lipinski definition) is 6. The van der Waals surface area contributed by atoms with Crippen LogP contribution >= 0.6 is 0 Å². The molecule has 4 heterocycles. The molecule has 2 aliphatic rings. The second kappa shape index (κ2) is 4.87. The number of rotatable bonds is 2. The van der Waals surface area contributed by atoms with Crippen LogP contribution in [0.25, 0.3) is 5.95 Å².